The molecule has 12 heteroatoms. The Morgan fingerprint density at radius 3 is 2.41 bits per heavy atom. The van der Waals surface area contributed by atoms with Crippen LogP contribution in [0.4, 0.5) is 21.5 Å². The molecule has 2 N–H and O–H groups in total. The van der Waals surface area contributed by atoms with Gasteiger partial charge in [-0.25, -0.2) is 4.39 Å². The van der Waals surface area contributed by atoms with Crippen LogP contribution in [0.25, 0.3) is 11.1 Å². The predicted molar refractivity (Wildman–Crippen MR) is 183 cm³/mol. The van der Waals surface area contributed by atoms with Gasteiger partial charge in [0.05, 0.1) is 24.2 Å². The van der Waals surface area contributed by atoms with Crippen molar-refractivity contribution in [3.8, 4) is 22.6 Å². The van der Waals surface area contributed by atoms with Gasteiger partial charge in [-0.2, -0.15) is 8.42 Å². The van der Waals surface area contributed by atoms with Gasteiger partial charge >= 0.3 is 10.1 Å². The minimum Gasteiger partial charge on any atom is -0.496 e. The molecule has 1 aliphatic heterocycles. The number of aryl methyl sites for hydroxylation is 1. The highest BCUT2D eigenvalue weighted by Crippen LogP contribution is 2.45. The molecule has 46 heavy (non-hydrogen) atoms. The zero-order chi connectivity index (χ0) is 33.8. The molecule has 1 heterocycles. The van der Waals surface area contributed by atoms with Gasteiger partial charge in [-0.15, -0.1) is 0 Å². The average molecular weight is 656 g/mol. The number of benzene rings is 3. The summed E-state index contributed by atoms with van der Waals surface area (Å²) in [6.07, 6.45) is 0.439. The third kappa shape index (κ3) is 8.28. The number of hydrogen-bond acceptors (Lipinski definition) is 9. The number of carbonyl (C=O) groups is 1. The summed E-state index contributed by atoms with van der Waals surface area (Å²) in [5, 5.41) is 6.70. The second-order valence-electron chi connectivity index (χ2n) is 12.6. The standard InChI is InChI=1S/C34H46FN5O5S/c1-23-10-11-24(35)20-30(23)36-22-28-26(14-15-29-32(28)40(7)33(41)34(2,3)37-29)27-13-12-25(21-31(27)44-8)45-46(42,43)19-9-16-39(6)18-17-38(4)5/h10-15,20-21,36-37H,9,16-19,22H2,1-8H3. The highest BCUT2D eigenvalue weighted by molar-refractivity contribution is 7.87. The van der Waals surface area contributed by atoms with E-state index in [9.17, 15) is 17.6 Å². The number of carbonyl (C=O) groups excluding carboxylic acids is 1. The highest BCUT2D eigenvalue weighted by Gasteiger charge is 2.38. The Labute approximate surface area is 272 Å². The first-order valence-electron chi connectivity index (χ1n) is 15.3. The van der Waals surface area contributed by atoms with E-state index in [1.54, 1.807) is 36.2 Å². The van der Waals surface area contributed by atoms with Gasteiger partial charge in [0.1, 0.15) is 22.9 Å². The lowest BCUT2D eigenvalue weighted by atomic mass is 9.91. The largest absolute Gasteiger partial charge is 0.496 e. The predicted octanol–water partition coefficient (Wildman–Crippen LogP) is 5.18. The first kappa shape index (κ1) is 35.0. The Bertz CT molecular complexity index is 1680. The van der Waals surface area contributed by atoms with Gasteiger partial charge in [-0.05, 0) is 96.3 Å². The molecule has 10 nitrogen and oxygen atoms in total. The van der Waals surface area contributed by atoms with Crippen LogP contribution < -0.4 is 24.5 Å². The van der Waals surface area contributed by atoms with Crippen molar-refractivity contribution in [3.05, 3.63) is 65.5 Å². The molecule has 0 saturated heterocycles. The molecule has 3 aromatic rings. The number of anilines is 3. The van der Waals surface area contributed by atoms with Crippen molar-refractivity contribution in [3.63, 3.8) is 0 Å². The normalized spacial score (nSPS) is 14.3. The minimum atomic E-state index is -3.84. The third-order valence-electron chi connectivity index (χ3n) is 8.11. The molecule has 0 aliphatic carbocycles. The van der Waals surface area contributed by atoms with Crippen molar-refractivity contribution in [2.75, 3.05) is 76.2 Å². The van der Waals surface area contributed by atoms with Gasteiger partial charge in [-0.3, -0.25) is 4.79 Å². The van der Waals surface area contributed by atoms with E-state index in [2.05, 4.69) is 20.4 Å². The second kappa shape index (κ2) is 14.3. The van der Waals surface area contributed by atoms with Crippen molar-refractivity contribution >= 4 is 33.1 Å². The van der Waals surface area contributed by atoms with Crippen molar-refractivity contribution in [2.24, 2.45) is 0 Å². The molecule has 0 atom stereocenters. The Balaban J connectivity index is 1.65. The summed E-state index contributed by atoms with van der Waals surface area (Å²) in [7, 11) is 5.37. The Hall–Kier alpha value is -3.87. The van der Waals surface area contributed by atoms with Gasteiger partial charge < -0.3 is 34.3 Å². The topological polar surface area (TPSA) is 103 Å². The van der Waals surface area contributed by atoms with Crippen LogP contribution >= 0.6 is 0 Å². The molecule has 1 aliphatic rings. The zero-order valence-electron chi connectivity index (χ0n) is 28.0. The van der Waals surface area contributed by atoms with Gasteiger partial charge in [-0.1, -0.05) is 12.1 Å². The second-order valence-corrected chi connectivity index (χ2v) is 14.3. The van der Waals surface area contributed by atoms with E-state index in [1.165, 1.54) is 19.2 Å². The summed E-state index contributed by atoms with van der Waals surface area (Å²) in [6.45, 7) is 8.17. The third-order valence-corrected chi connectivity index (χ3v) is 9.34. The molecular weight excluding hydrogens is 609 g/mol. The lowest BCUT2D eigenvalue weighted by Crippen LogP contribution is -2.52. The van der Waals surface area contributed by atoms with Crippen LogP contribution in [0.15, 0.2) is 48.5 Å². The van der Waals surface area contributed by atoms with Gasteiger partial charge in [0, 0.05) is 49.6 Å². The van der Waals surface area contributed by atoms with E-state index in [-0.39, 0.29) is 29.8 Å². The highest BCUT2D eigenvalue weighted by atomic mass is 32.2. The van der Waals surface area contributed by atoms with E-state index in [0.717, 1.165) is 35.5 Å². The SMILES string of the molecule is COc1cc(OS(=O)(=O)CCCN(C)CCN(C)C)ccc1-c1ccc2c(c1CNc1cc(F)ccc1C)N(C)C(=O)C(C)(C)N2. The molecule has 1 amide bonds. The van der Waals surface area contributed by atoms with Crippen molar-refractivity contribution in [1.82, 2.24) is 9.80 Å². The minimum absolute atomic E-state index is 0.106. The number of methoxy groups -OCH3 is 1. The lowest BCUT2D eigenvalue weighted by Gasteiger charge is -2.40. The molecule has 0 radical (unpaired) electrons. The molecule has 0 bridgehead atoms. The van der Waals surface area contributed by atoms with E-state index < -0.39 is 15.7 Å². The number of fused-ring (bicyclic) bond motifs is 1. The maximum Gasteiger partial charge on any atom is 0.309 e. The maximum atomic E-state index is 14.1. The molecule has 0 unspecified atom stereocenters. The fourth-order valence-electron chi connectivity index (χ4n) is 5.56. The number of nitrogens with zero attached hydrogens (tertiary/aromatic N) is 3. The number of ether oxygens (including phenoxy) is 1. The van der Waals surface area contributed by atoms with E-state index >= 15 is 0 Å². The first-order valence-corrected chi connectivity index (χ1v) is 16.9. The maximum absolute atomic E-state index is 14.1. The fourth-order valence-corrected chi connectivity index (χ4v) is 6.52. The monoisotopic (exact) mass is 655 g/mol. The Kier molecular flexibility index (Phi) is 10.9. The van der Waals surface area contributed by atoms with Crippen LogP contribution in [0, 0.1) is 12.7 Å². The van der Waals surface area contributed by atoms with Gasteiger partial charge in [0.15, 0.2) is 0 Å². The summed E-state index contributed by atoms with van der Waals surface area (Å²) >= 11 is 0. The fraction of sp³-hybridized carbons (Fsp3) is 0.441. The number of rotatable bonds is 14. The number of amides is 1. The van der Waals surface area contributed by atoms with Crippen LogP contribution in [0.3, 0.4) is 0 Å². The first-order chi connectivity index (χ1) is 21.6. The summed E-state index contributed by atoms with van der Waals surface area (Å²) < 4.78 is 51.0. The number of nitrogens with one attached hydrogen (secondary N) is 2. The number of likely N-dealkylation sites (N-methyl/N-ethyl adjacent to an activating group) is 3. The van der Waals surface area contributed by atoms with E-state index in [1.807, 2.05) is 54.0 Å². The summed E-state index contributed by atoms with van der Waals surface area (Å²) in [6, 6.07) is 13.3. The van der Waals surface area contributed by atoms with Crippen LogP contribution in [-0.4, -0.2) is 90.4 Å². The molecule has 250 valence electrons. The molecule has 0 saturated carbocycles. The molecular formula is C34H46FN5O5S. The summed E-state index contributed by atoms with van der Waals surface area (Å²) in [4.78, 5) is 19.2. The Morgan fingerprint density at radius 2 is 1.72 bits per heavy atom. The van der Waals surface area contributed by atoms with Crippen molar-refractivity contribution in [1.29, 1.82) is 0 Å². The number of hydrogen-bond donors (Lipinski definition) is 2. The van der Waals surface area contributed by atoms with Crippen molar-refractivity contribution in [2.45, 2.75) is 39.3 Å². The summed E-state index contributed by atoms with van der Waals surface area (Å²) in [5.74, 6) is -0.0387. The van der Waals surface area contributed by atoms with Crippen LogP contribution in [0.1, 0.15) is 31.4 Å². The smallest absolute Gasteiger partial charge is 0.309 e. The van der Waals surface area contributed by atoms with Gasteiger partial charge in [0.2, 0.25) is 0 Å². The molecule has 0 fully saturated rings. The van der Waals surface area contributed by atoms with Crippen molar-refractivity contribution < 1.29 is 26.5 Å². The van der Waals surface area contributed by atoms with Crippen LogP contribution in [-0.2, 0) is 21.5 Å². The molecule has 0 spiro atoms. The zero-order valence-corrected chi connectivity index (χ0v) is 28.8. The van der Waals surface area contributed by atoms with E-state index in [0.29, 0.717) is 35.7 Å². The molecule has 0 aromatic heterocycles. The summed E-state index contributed by atoms with van der Waals surface area (Å²) in [5.41, 5.74) is 4.37. The lowest BCUT2D eigenvalue weighted by molar-refractivity contribution is -0.121. The quantitative estimate of drug-likeness (QED) is 0.228. The van der Waals surface area contributed by atoms with Crippen LogP contribution in [0.2, 0.25) is 0 Å². The number of halogens is 1. The average Bonchev–Trinajstić information content (AvgIpc) is 2.98. The van der Waals surface area contributed by atoms with E-state index in [4.69, 9.17) is 8.92 Å². The molecule has 4 rings (SSSR count). The van der Waals surface area contributed by atoms with Gasteiger partial charge in [0.25, 0.3) is 5.91 Å². The van der Waals surface area contributed by atoms with Crippen LogP contribution in [0.5, 0.6) is 11.5 Å². The Morgan fingerprint density at radius 1 is 1.00 bits per heavy atom. The molecule has 3 aromatic carbocycles.